The molecule has 3 atom stereocenters. The van der Waals surface area contributed by atoms with Gasteiger partial charge in [-0.05, 0) is 31.4 Å². The van der Waals surface area contributed by atoms with E-state index in [1.54, 1.807) is 18.2 Å². The van der Waals surface area contributed by atoms with Crippen LogP contribution >= 0.6 is 0 Å². The van der Waals surface area contributed by atoms with Gasteiger partial charge in [0.15, 0.2) is 0 Å². The predicted octanol–water partition coefficient (Wildman–Crippen LogP) is 1.74. The summed E-state index contributed by atoms with van der Waals surface area (Å²) < 4.78 is 41.4. The molecule has 1 saturated carbocycles. The van der Waals surface area contributed by atoms with Gasteiger partial charge in [0.2, 0.25) is 0 Å². The molecule has 5 nitrogen and oxygen atoms in total. The van der Waals surface area contributed by atoms with E-state index in [1.807, 2.05) is 0 Å². The number of rotatable bonds is 4. The minimum atomic E-state index is -3.08. The Morgan fingerprint density at radius 2 is 2.05 bits per heavy atom. The van der Waals surface area contributed by atoms with Crippen molar-refractivity contribution < 1.29 is 17.4 Å². The molecule has 3 unspecified atom stereocenters. The molecule has 1 fully saturated rings. The van der Waals surface area contributed by atoms with E-state index in [-0.39, 0.29) is 10.5 Å². The lowest BCUT2D eigenvalue weighted by molar-refractivity contribution is 0.403. The average molecular weight is 331 g/mol. The minimum absolute atomic E-state index is 0.156. The van der Waals surface area contributed by atoms with Gasteiger partial charge in [0, 0.05) is 23.3 Å². The smallest absolute Gasteiger partial charge is 0.150 e. The number of ether oxygens (including phenoxy) is 1. The fourth-order valence-electron chi connectivity index (χ4n) is 2.72. The maximum Gasteiger partial charge on any atom is 0.150 e. The van der Waals surface area contributed by atoms with Crippen molar-refractivity contribution in [2.75, 3.05) is 19.1 Å². The number of anilines is 1. The van der Waals surface area contributed by atoms with E-state index in [1.165, 1.54) is 13.4 Å². The number of nitrogen functional groups attached to an aromatic ring is 1. The molecule has 0 saturated heterocycles. The summed E-state index contributed by atoms with van der Waals surface area (Å²) in [6.45, 7) is 0. The summed E-state index contributed by atoms with van der Waals surface area (Å²) in [6, 6.07) is 5.03. The second-order valence-corrected chi connectivity index (χ2v) is 9.47. The van der Waals surface area contributed by atoms with Crippen LogP contribution in [0, 0.1) is 0 Å². The molecule has 2 N–H and O–H groups in total. The lowest BCUT2D eigenvalue weighted by Crippen LogP contribution is -2.32. The summed E-state index contributed by atoms with van der Waals surface area (Å²) >= 11 is 0. The largest absolute Gasteiger partial charge is 0.495 e. The zero-order chi connectivity index (χ0) is 15.6. The molecule has 1 aliphatic rings. The fourth-order valence-corrected chi connectivity index (χ4v) is 5.70. The number of hydrogen-bond donors (Lipinski definition) is 1. The summed E-state index contributed by atoms with van der Waals surface area (Å²) in [6.07, 6.45) is 3.91. The van der Waals surface area contributed by atoms with Crippen LogP contribution < -0.4 is 10.5 Å². The van der Waals surface area contributed by atoms with Crippen molar-refractivity contribution in [1.82, 2.24) is 0 Å². The van der Waals surface area contributed by atoms with E-state index in [0.717, 1.165) is 12.8 Å². The Morgan fingerprint density at radius 1 is 1.33 bits per heavy atom. The molecule has 2 rings (SSSR count). The summed E-state index contributed by atoms with van der Waals surface area (Å²) in [5, 5.41) is -0.545. The van der Waals surface area contributed by atoms with Crippen LogP contribution in [-0.2, 0) is 20.6 Å². The first-order chi connectivity index (χ1) is 9.82. The maximum atomic E-state index is 12.8. The van der Waals surface area contributed by atoms with Crippen LogP contribution in [0.25, 0.3) is 0 Å². The first-order valence-corrected chi connectivity index (χ1v) is 10.0. The molecule has 0 aromatic heterocycles. The first-order valence-electron chi connectivity index (χ1n) is 6.86. The van der Waals surface area contributed by atoms with Gasteiger partial charge in [0.1, 0.15) is 15.6 Å². The molecule has 1 aliphatic carbocycles. The third-order valence-corrected chi connectivity index (χ3v) is 7.33. The van der Waals surface area contributed by atoms with Gasteiger partial charge in [-0.15, -0.1) is 0 Å². The molecule has 0 heterocycles. The van der Waals surface area contributed by atoms with Crippen molar-refractivity contribution in [1.29, 1.82) is 0 Å². The SMILES string of the molecule is COc1cc(N)ccc1S(=O)C1CCCC(S(C)(=O)=O)C1. The van der Waals surface area contributed by atoms with Gasteiger partial charge in [0.05, 0.1) is 28.1 Å². The predicted molar refractivity (Wildman–Crippen MR) is 84.7 cm³/mol. The van der Waals surface area contributed by atoms with Gasteiger partial charge < -0.3 is 10.5 Å². The minimum Gasteiger partial charge on any atom is -0.495 e. The molecule has 1 aromatic carbocycles. The number of hydrogen-bond acceptors (Lipinski definition) is 5. The van der Waals surface area contributed by atoms with Crippen LogP contribution in [0.3, 0.4) is 0 Å². The lowest BCUT2D eigenvalue weighted by atomic mass is 10.00. The van der Waals surface area contributed by atoms with E-state index in [4.69, 9.17) is 10.5 Å². The van der Waals surface area contributed by atoms with E-state index in [0.29, 0.717) is 29.2 Å². The second kappa shape index (κ2) is 6.36. The van der Waals surface area contributed by atoms with Gasteiger partial charge in [-0.2, -0.15) is 0 Å². The monoisotopic (exact) mass is 331 g/mol. The number of methoxy groups -OCH3 is 1. The highest BCUT2D eigenvalue weighted by atomic mass is 32.2. The lowest BCUT2D eigenvalue weighted by Gasteiger charge is -2.27. The zero-order valence-corrected chi connectivity index (χ0v) is 13.9. The topological polar surface area (TPSA) is 86.5 Å². The van der Waals surface area contributed by atoms with Crippen LogP contribution in [-0.4, -0.2) is 36.5 Å². The van der Waals surface area contributed by atoms with Crippen LogP contribution in [0.15, 0.2) is 23.1 Å². The molecule has 0 amide bonds. The van der Waals surface area contributed by atoms with Gasteiger partial charge in [-0.3, -0.25) is 4.21 Å². The normalized spacial score (nSPS) is 24.5. The highest BCUT2D eigenvalue weighted by molar-refractivity contribution is 7.91. The van der Waals surface area contributed by atoms with Crippen LogP contribution in [0.1, 0.15) is 25.7 Å². The Bertz CT molecular complexity index is 642. The van der Waals surface area contributed by atoms with Gasteiger partial charge in [-0.25, -0.2) is 8.42 Å². The zero-order valence-electron chi connectivity index (χ0n) is 12.2. The van der Waals surface area contributed by atoms with E-state index in [9.17, 15) is 12.6 Å². The molecule has 7 heteroatoms. The van der Waals surface area contributed by atoms with E-state index >= 15 is 0 Å². The fraction of sp³-hybridized carbons (Fsp3) is 0.571. The van der Waals surface area contributed by atoms with Gasteiger partial charge >= 0.3 is 0 Å². The average Bonchev–Trinajstić information content (AvgIpc) is 2.45. The van der Waals surface area contributed by atoms with Crippen molar-refractivity contribution in [2.24, 2.45) is 0 Å². The molecule has 1 aromatic rings. The highest BCUT2D eigenvalue weighted by Gasteiger charge is 2.33. The Morgan fingerprint density at radius 3 is 2.67 bits per heavy atom. The van der Waals surface area contributed by atoms with Crippen molar-refractivity contribution in [3.05, 3.63) is 18.2 Å². The number of nitrogens with two attached hydrogens (primary N) is 1. The Hall–Kier alpha value is -1.08. The molecular formula is C14H21NO4S2. The van der Waals surface area contributed by atoms with Gasteiger partial charge in [0.25, 0.3) is 0 Å². The molecule has 118 valence electrons. The molecule has 0 spiro atoms. The van der Waals surface area contributed by atoms with Crippen LogP contribution in [0.4, 0.5) is 5.69 Å². The van der Waals surface area contributed by atoms with Crippen molar-refractivity contribution in [3.63, 3.8) is 0 Å². The molecule has 0 aliphatic heterocycles. The summed E-state index contributed by atoms with van der Waals surface area (Å²) in [4.78, 5) is 0.589. The Balaban J connectivity index is 2.24. The summed E-state index contributed by atoms with van der Waals surface area (Å²) in [5.74, 6) is 0.495. The van der Waals surface area contributed by atoms with Crippen LogP contribution in [0.2, 0.25) is 0 Å². The second-order valence-electron chi connectivity index (χ2n) is 5.45. The Labute approximate surface area is 128 Å². The number of sulfone groups is 1. The maximum absolute atomic E-state index is 12.8. The summed E-state index contributed by atoms with van der Waals surface area (Å²) in [5.41, 5.74) is 6.25. The molecule has 21 heavy (non-hydrogen) atoms. The third-order valence-electron chi connectivity index (χ3n) is 3.89. The quantitative estimate of drug-likeness (QED) is 0.849. The van der Waals surface area contributed by atoms with E-state index in [2.05, 4.69) is 0 Å². The van der Waals surface area contributed by atoms with Crippen molar-refractivity contribution in [3.8, 4) is 5.75 Å². The standard InChI is InChI=1S/C14H21NO4S2/c1-19-13-8-10(15)6-7-14(13)20(16)11-4-3-5-12(9-11)21(2,17)18/h6-8,11-12H,3-5,9,15H2,1-2H3. The molecule has 0 radical (unpaired) electrons. The Kier molecular flexibility index (Phi) is 4.93. The highest BCUT2D eigenvalue weighted by Crippen LogP contribution is 2.33. The van der Waals surface area contributed by atoms with Gasteiger partial charge in [-0.1, -0.05) is 6.42 Å². The number of benzene rings is 1. The first kappa shape index (κ1) is 16.3. The van der Waals surface area contributed by atoms with Crippen molar-refractivity contribution >= 4 is 26.3 Å². The third kappa shape index (κ3) is 3.77. The molecular weight excluding hydrogens is 310 g/mol. The molecule has 0 bridgehead atoms. The summed E-state index contributed by atoms with van der Waals surface area (Å²) in [7, 11) is -2.86. The van der Waals surface area contributed by atoms with Crippen LogP contribution in [0.5, 0.6) is 5.75 Å². The van der Waals surface area contributed by atoms with Crippen molar-refractivity contribution in [2.45, 2.75) is 41.1 Å². The van der Waals surface area contributed by atoms with E-state index < -0.39 is 20.6 Å².